The normalized spacial score (nSPS) is 17.0. The van der Waals surface area contributed by atoms with Crippen molar-refractivity contribution in [3.63, 3.8) is 0 Å². The van der Waals surface area contributed by atoms with Gasteiger partial charge < -0.3 is 4.90 Å². The number of hydrogen-bond acceptors (Lipinski definition) is 4. The Balaban J connectivity index is 1.61. The van der Waals surface area contributed by atoms with Gasteiger partial charge in [0, 0.05) is 55.3 Å². The van der Waals surface area contributed by atoms with Gasteiger partial charge in [0.05, 0.1) is 5.69 Å². The quantitative estimate of drug-likeness (QED) is 0.673. The zero-order valence-corrected chi connectivity index (χ0v) is 16.6. The third-order valence-electron chi connectivity index (χ3n) is 5.31. The molecule has 1 aromatic carbocycles. The van der Waals surface area contributed by atoms with E-state index in [0.29, 0.717) is 18.7 Å². The van der Waals surface area contributed by atoms with Gasteiger partial charge >= 0.3 is 0 Å². The molecule has 0 unspecified atom stereocenters. The van der Waals surface area contributed by atoms with Crippen molar-refractivity contribution >= 4 is 5.91 Å². The van der Waals surface area contributed by atoms with Crippen LogP contribution >= 0.6 is 0 Å². The zero-order chi connectivity index (χ0) is 20.4. The number of likely N-dealkylation sites (tertiary alicyclic amines) is 1. The number of imidazole rings is 1. The fraction of sp³-hybridized carbons (Fsp3) is 0.364. The summed E-state index contributed by atoms with van der Waals surface area (Å²) < 4.78 is 15.2. The molecule has 1 amide bonds. The Hall–Kier alpha value is -3.09. The minimum atomic E-state index is -0.344. The van der Waals surface area contributed by atoms with Crippen LogP contribution in [-0.2, 0) is 0 Å². The van der Waals surface area contributed by atoms with E-state index in [2.05, 4.69) is 28.8 Å². The zero-order valence-electron chi connectivity index (χ0n) is 16.6. The summed E-state index contributed by atoms with van der Waals surface area (Å²) in [6.07, 6.45) is 8.89. The van der Waals surface area contributed by atoms with E-state index in [0.717, 1.165) is 30.2 Å². The predicted octanol–water partition coefficient (Wildman–Crippen LogP) is 3.94. The van der Waals surface area contributed by atoms with Crippen molar-refractivity contribution in [2.45, 2.75) is 38.5 Å². The maximum atomic E-state index is 13.2. The first-order chi connectivity index (χ1) is 14.0. The van der Waals surface area contributed by atoms with Crippen LogP contribution in [0.1, 0.15) is 60.4 Å². The smallest absolute Gasteiger partial charge is 0.253 e. The summed E-state index contributed by atoms with van der Waals surface area (Å²) in [5, 5.41) is 0. The highest BCUT2D eigenvalue weighted by molar-refractivity contribution is 5.94. The van der Waals surface area contributed by atoms with E-state index < -0.39 is 0 Å². The molecule has 3 aromatic rings. The number of hydrogen-bond donors (Lipinski definition) is 0. The molecule has 0 N–H and O–H groups in total. The lowest BCUT2D eigenvalue weighted by atomic mass is 9.93. The average Bonchev–Trinajstić information content (AvgIpc) is 3.24. The monoisotopic (exact) mass is 393 g/mol. The SMILES string of the molecule is CC(C)c1nccn1-c1nccnc1[C@@H]1CCCN(C(=O)c2ccc(F)cc2)C1. The van der Waals surface area contributed by atoms with Crippen molar-refractivity contribution in [2.75, 3.05) is 13.1 Å². The van der Waals surface area contributed by atoms with Crippen LogP contribution in [0, 0.1) is 5.82 Å². The number of carbonyl (C=O) groups excluding carboxylic acids is 1. The number of carbonyl (C=O) groups is 1. The van der Waals surface area contributed by atoms with E-state index in [1.807, 2.05) is 15.7 Å². The first-order valence-corrected chi connectivity index (χ1v) is 9.94. The lowest BCUT2D eigenvalue weighted by molar-refractivity contribution is 0.0705. The van der Waals surface area contributed by atoms with Gasteiger partial charge in [0.2, 0.25) is 0 Å². The maximum absolute atomic E-state index is 13.2. The highest BCUT2D eigenvalue weighted by atomic mass is 19.1. The minimum Gasteiger partial charge on any atom is -0.338 e. The Kier molecular flexibility index (Phi) is 5.38. The number of benzene rings is 1. The van der Waals surface area contributed by atoms with Crippen LogP contribution < -0.4 is 0 Å². The molecule has 0 bridgehead atoms. The van der Waals surface area contributed by atoms with E-state index in [4.69, 9.17) is 0 Å². The molecule has 0 aliphatic carbocycles. The van der Waals surface area contributed by atoms with E-state index in [-0.39, 0.29) is 23.6 Å². The highest BCUT2D eigenvalue weighted by Crippen LogP contribution is 2.30. The summed E-state index contributed by atoms with van der Waals surface area (Å²) in [6.45, 7) is 5.44. The summed E-state index contributed by atoms with van der Waals surface area (Å²) in [4.78, 5) is 28.4. The van der Waals surface area contributed by atoms with Crippen molar-refractivity contribution in [2.24, 2.45) is 0 Å². The molecule has 6 nitrogen and oxygen atoms in total. The average molecular weight is 393 g/mol. The molecule has 1 atom stereocenters. The molecular weight excluding hydrogens is 369 g/mol. The summed E-state index contributed by atoms with van der Waals surface area (Å²) in [5.41, 5.74) is 1.38. The van der Waals surface area contributed by atoms with Gasteiger partial charge in [-0.25, -0.2) is 14.4 Å². The molecule has 1 saturated heterocycles. The Labute approximate surface area is 169 Å². The van der Waals surface area contributed by atoms with Crippen LogP contribution in [0.25, 0.3) is 5.82 Å². The van der Waals surface area contributed by atoms with Gasteiger partial charge in [-0.15, -0.1) is 0 Å². The summed E-state index contributed by atoms with van der Waals surface area (Å²) in [7, 11) is 0. The molecule has 2 aromatic heterocycles. The van der Waals surface area contributed by atoms with Crippen LogP contribution in [0.4, 0.5) is 4.39 Å². The van der Waals surface area contributed by atoms with Crippen LogP contribution in [0.5, 0.6) is 0 Å². The van der Waals surface area contributed by atoms with Gasteiger partial charge in [0.25, 0.3) is 5.91 Å². The van der Waals surface area contributed by atoms with Crippen molar-refractivity contribution in [3.05, 3.63) is 72.0 Å². The molecule has 1 aliphatic rings. The number of rotatable bonds is 4. The Bertz CT molecular complexity index is 998. The number of nitrogens with zero attached hydrogens (tertiary/aromatic N) is 5. The fourth-order valence-corrected chi connectivity index (χ4v) is 3.90. The van der Waals surface area contributed by atoms with Crippen molar-refractivity contribution in [1.82, 2.24) is 24.4 Å². The number of aromatic nitrogens is 4. The summed E-state index contributed by atoms with van der Waals surface area (Å²) in [5.74, 6) is 1.62. The second-order valence-corrected chi connectivity index (χ2v) is 7.67. The van der Waals surface area contributed by atoms with E-state index in [1.54, 1.807) is 18.6 Å². The first-order valence-electron chi connectivity index (χ1n) is 9.94. The van der Waals surface area contributed by atoms with E-state index in [1.165, 1.54) is 24.3 Å². The molecule has 1 aliphatic heterocycles. The lowest BCUT2D eigenvalue weighted by Crippen LogP contribution is -2.39. The van der Waals surface area contributed by atoms with Crippen molar-refractivity contribution < 1.29 is 9.18 Å². The molecular formula is C22H24FN5O. The molecule has 0 saturated carbocycles. The number of amides is 1. The number of piperidine rings is 1. The van der Waals surface area contributed by atoms with Crippen LogP contribution in [0.15, 0.2) is 49.1 Å². The van der Waals surface area contributed by atoms with Crippen molar-refractivity contribution in [3.8, 4) is 5.82 Å². The second kappa shape index (κ2) is 8.11. The minimum absolute atomic E-state index is 0.0781. The van der Waals surface area contributed by atoms with Gasteiger partial charge in [-0.05, 0) is 37.1 Å². The van der Waals surface area contributed by atoms with Crippen molar-refractivity contribution in [1.29, 1.82) is 0 Å². The number of halogens is 1. The molecule has 7 heteroatoms. The van der Waals surface area contributed by atoms with Crippen LogP contribution in [-0.4, -0.2) is 43.4 Å². The molecule has 0 spiro atoms. The van der Waals surface area contributed by atoms with E-state index in [9.17, 15) is 9.18 Å². The topological polar surface area (TPSA) is 63.9 Å². The van der Waals surface area contributed by atoms with Gasteiger partial charge in [-0.3, -0.25) is 14.3 Å². The van der Waals surface area contributed by atoms with E-state index >= 15 is 0 Å². The molecule has 4 rings (SSSR count). The lowest BCUT2D eigenvalue weighted by Gasteiger charge is -2.33. The van der Waals surface area contributed by atoms with Crippen LogP contribution in [0.3, 0.4) is 0 Å². The standard InChI is InChI=1S/C22H24FN5O/c1-15(2)20-26-11-13-28(20)21-19(24-9-10-25-21)17-4-3-12-27(14-17)22(29)16-5-7-18(23)8-6-16/h5-11,13,15,17H,3-4,12,14H2,1-2H3/t17-/m1/s1. The predicted molar refractivity (Wildman–Crippen MR) is 108 cm³/mol. The van der Waals surface area contributed by atoms with Gasteiger partial charge in [0.15, 0.2) is 5.82 Å². The van der Waals surface area contributed by atoms with Gasteiger partial charge in [-0.1, -0.05) is 13.8 Å². The Morgan fingerprint density at radius 3 is 2.62 bits per heavy atom. The molecule has 150 valence electrons. The highest BCUT2D eigenvalue weighted by Gasteiger charge is 2.29. The third-order valence-corrected chi connectivity index (χ3v) is 5.31. The Morgan fingerprint density at radius 2 is 1.86 bits per heavy atom. The summed E-state index contributed by atoms with van der Waals surface area (Å²) >= 11 is 0. The van der Waals surface area contributed by atoms with Crippen LogP contribution in [0.2, 0.25) is 0 Å². The molecule has 1 fully saturated rings. The molecule has 29 heavy (non-hydrogen) atoms. The molecule has 0 radical (unpaired) electrons. The third kappa shape index (κ3) is 3.90. The second-order valence-electron chi connectivity index (χ2n) is 7.67. The largest absolute Gasteiger partial charge is 0.338 e. The fourth-order valence-electron chi connectivity index (χ4n) is 3.90. The first kappa shape index (κ1) is 19.2. The Morgan fingerprint density at radius 1 is 1.10 bits per heavy atom. The molecule has 3 heterocycles. The van der Waals surface area contributed by atoms with Gasteiger partial charge in [0.1, 0.15) is 11.6 Å². The summed E-state index contributed by atoms with van der Waals surface area (Å²) in [6, 6.07) is 5.72. The maximum Gasteiger partial charge on any atom is 0.253 e. The van der Waals surface area contributed by atoms with Gasteiger partial charge in [-0.2, -0.15) is 0 Å².